The molecule has 3 heteroatoms. The standard InChI is InChI=1S/C16H31NO2/c1-15(2,3)19-14(18)16(17)12-10-8-6-4-5-7-9-11-13-16/h4-13,17H2,1-3H3. The molecule has 0 aliphatic heterocycles. The lowest BCUT2D eigenvalue weighted by atomic mass is 9.87. The second-order valence-corrected chi connectivity index (χ2v) is 6.99. The molecule has 0 spiro atoms. The van der Waals surface area contributed by atoms with Crippen molar-refractivity contribution in [2.75, 3.05) is 0 Å². The Kier molecular flexibility index (Phi) is 6.31. The molecule has 0 unspecified atom stereocenters. The summed E-state index contributed by atoms with van der Waals surface area (Å²) in [7, 11) is 0. The van der Waals surface area contributed by atoms with Crippen molar-refractivity contribution in [1.82, 2.24) is 0 Å². The van der Waals surface area contributed by atoms with E-state index in [1.807, 2.05) is 20.8 Å². The SMILES string of the molecule is CC(C)(C)OC(=O)C1(N)CCCCCCCCCC1. The lowest BCUT2D eigenvalue weighted by molar-refractivity contribution is -0.162. The van der Waals surface area contributed by atoms with Crippen LogP contribution in [0, 0.1) is 0 Å². The number of nitrogens with two attached hydrogens (primary N) is 1. The molecular formula is C16H31NO2. The predicted molar refractivity (Wildman–Crippen MR) is 78.9 cm³/mol. The molecule has 1 aliphatic rings. The molecule has 3 nitrogen and oxygen atoms in total. The van der Waals surface area contributed by atoms with E-state index in [1.165, 1.54) is 38.5 Å². The van der Waals surface area contributed by atoms with Crippen LogP contribution in [0.4, 0.5) is 0 Å². The minimum atomic E-state index is -0.766. The fraction of sp³-hybridized carbons (Fsp3) is 0.938. The first-order valence-corrected chi connectivity index (χ1v) is 7.86. The van der Waals surface area contributed by atoms with Gasteiger partial charge in [0.05, 0.1) is 0 Å². The Balaban J connectivity index is 2.63. The molecule has 0 saturated heterocycles. The van der Waals surface area contributed by atoms with Gasteiger partial charge in [-0.25, -0.2) is 0 Å². The van der Waals surface area contributed by atoms with Crippen molar-refractivity contribution in [2.45, 2.75) is 96.1 Å². The van der Waals surface area contributed by atoms with E-state index in [-0.39, 0.29) is 5.97 Å². The van der Waals surface area contributed by atoms with E-state index in [4.69, 9.17) is 10.5 Å². The summed E-state index contributed by atoms with van der Waals surface area (Å²) in [4.78, 5) is 12.3. The fourth-order valence-electron chi connectivity index (χ4n) is 2.65. The smallest absolute Gasteiger partial charge is 0.326 e. The van der Waals surface area contributed by atoms with Crippen molar-refractivity contribution in [3.05, 3.63) is 0 Å². The highest BCUT2D eigenvalue weighted by Gasteiger charge is 2.36. The molecule has 1 fully saturated rings. The van der Waals surface area contributed by atoms with Crippen LogP contribution in [0.5, 0.6) is 0 Å². The Morgan fingerprint density at radius 2 is 1.26 bits per heavy atom. The number of rotatable bonds is 1. The maximum absolute atomic E-state index is 12.3. The van der Waals surface area contributed by atoms with E-state index in [2.05, 4.69) is 0 Å². The largest absolute Gasteiger partial charge is 0.459 e. The minimum Gasteiger partial charge on any atom is -0.459 e. The number of hydrogen-bond donors (Lipinski definition) is 1. The van der Waals surface area contributed by atoms with Crippen LogP contribution in [0.3, 0.4) is 0 Å². The van der Waals surface area contributed by atoms with Gasteiger partial charge in [-0.3, -0.25) is 4.79 Å². The molecule has 0 radical (unpaired) electrons. The molecule has 19 heavy (non-hydrogen) atoms. The average Bonchev–Trinajstić information content (AvgIpc) is 2.33. The van der Waals surface area contributed by atoms with Crippen molar-refractivity contribution < 1.29 is 9.53 Å². The van der Waals surface area contributed by atoms with Crippen molar-refractivity contribution in [3.63, 3.8) is 0 Å². The van der Waals surface area contributed by atoms with Crippen molar-refractivity contribution >= 4 is 5.97 Å². The molecule has 0 aromatic heterocycles. The second kappa shape index (κ2) is 7.28. The van der Waals surface area contributed by atoms with Crippen LogP contribution in [-0.4, -0.2) is 17.1 Å². The zero-order chi connectivity index (χ0) is 14.4. The monoisotopic (exact) mass is 269 g/mol. The van der Waals surface area contributed by atoms with Gasteiger partial charge in [-0.2, -0.15) is 0 Å². The van der Waals surface area contributed by atoms with E-state index in [0.29, 0.717) is 0 Å². The quantitative estimate of drug-likeness (QED) is 0.734. The first-order chi connectivity index (χ1) is 8.83. The van der Waals surface area contributed by atoms with Crippen molar-refractivity contribution in [2.24, 2.45) is 5.73 Å². The summed E-state index contributed by atoms with van der Waals surface area (Å²) in [5.41, 5.74) is 5.16. The topological polar surface area (TPSA) is 52.3 Å². The summed E-state index contributed by atoms with van der Waals surface area (Å²) in [6, 6.07) is 0. The number of esters is 1. The van der Waals surface area contributed by atoms with E-state index in [0.717, 1.165) is 25.7 Å². The summed E-state index contributed by atoms with van der Waals surface area (Å²) in [5, 5.41) is 0. The zero-order valence-corrected chi connectivity index (χ0v) is 13.0. The highest BCUT2D eigenvalue weighted by Crippen LogP contribution is 2.26. The van der Waals surface area contributed by atoms with Gasteiger partial charge < -0.3 is 10.5 Å². The van der Waals surface area contributed by atoms with Crippen LogP contribution in [0.2, 0.25) is 0 Å². The normalized spacial score (nSPS) is 22.3. The van der Waals surface area contributed by atoms with Gasteiger partial charge >= 0.3 is 5.97 Å². The summed E-state index contributed by atoms with van der Waals surface area (Å²) in [6.45, 7) is 5.71. The van der Waals surface area contributed by atoms with Gasteiger partial charge in [0.25, 0.3) is 0 Å². The van der Waals surface area contributed by atoms with Crippen LogP contribution in [0.15, 0.2) is 0 Å². The molecule has 1 aliphatic carbocycles. The molecule has 2 N–H and O–H groups in total. The number of carbonyl (C=O) groups excluding carboxylic acids is 1. The van der Waals surface area contributed by atoms with Crippen LogP contribution in [-0.2, 0) is 9.53 Å². The van der Waals surface area contributed by atoms with E-state index < -0.39 is 11.1 Å². The number of hydrogen-bond acceptors (Lipinski definition) is 3. The molecule has 0 atom stereocenters. The Hall–Kier alpha value is -0.570. The lowest BCUT2D eigenvalue weighted by Gasteiger charge is -2.31. The zero-order valence-electron chi connectivity index (χ0n) is 13.0. The fourth-order valence-corrected chi connectivity index (χ4v) is 2.65. The van der Waals surface area contributed by atoms with Crippen molar-refractivity contribution in [1.29, 1.82) is 0 Å². The van der Waals surface area contributed by atoms with Crippen LogP contribution in [0.1, 0.15) is 85.0 Å². The third-order valence-electron chi connectivity index (χ3n) is 3.80. The van der Waals surface area contributed by atoms with E-state index in [1.54, 1.807) is 0 Å². The molecule has 0 amide bonds. The third-order valence-corrected chi connectivity index (χ3v) is 3.80. The Labute approximate surface area is 118 Å². The lowest BCUT2D eigenvalue weighted by Crippen LogP contribution is -2.51. The summed E-state index contributed by atoms with van der Waals surface area (Å²) in [6.07, 6.45) is 11.2. The first-order valence-electron chi connectivity index (χ1n) is 7.86. The summed E-state index contributed by atoms with van der Waals surface area (Å²) >= 11 is 0. The van der Waals surface area contributed by atoms with Gasteiger partial charge in [0.15, 0.2) is 0 Å². The Morgan fingerprint density at radius 3 is 1.63 bits per heavy atom. The van der Waals surface area contributed by atoms with Gasteiger partial charge in [-0.1, -0.05) is 51.4 Å². The van der Waals surface area contributed by atoms with Gasteiger partial charge in [0.1, 0.15) is 11.1 Å². The predicted octanol–water partition coefficient (Wildman–Crippen LogP) is 3.94. The van der Waals surface area contributed by atoms with Crippen molar-refractivity contribution in [3.8, 4) is 0 Å². The van der Waals surface area contributed by atoms with Crippen LogP contribution >= 0.6 is 0 Å². The molecule has 1 saturated carbocycles. The maximum atomic E-state index is 12.3. The average molecular weight is 269 g/mol. The number of ether oxygens (including phenoxy) is 1. The first kappa shape index (κ1) is 16.5. The third kappa shape index (κ3) is 6.42. The molecule has 0 aromatic rings. The van der Waals surface area contributed by atoms with Gasteiger partial charge in [-0.15, -0.1) is 0 Å². The Bertz CT molecular complexity index is 269. The summed E-state index contributed by atoms with van der Waals surface area (Å²) < 4.78 is 5.52. The molecule has 0 heterocycles. The summed E-state index contributed by atoms with van der Waals surface area (Å²) in [5.74, 6) is -0.209. The van der Waals surface area contributed by atoms with Gasteiger partial charge in [-0.05, 0) is 33.6 Å². The molecule has 0 aromatic carbocycles. The number of carbonyl (C=O) groups is 1. The molecule has 112 valence electrons. The molecule has 1 rings (SSSR count). The second-order valence-electron chi connectivity index (χ2n) is 6.99. The van der Waals surface area contributed by atoms with Gasteiger partial charge in [0, 0.05) is 0 Å². The Morgan fingerprint density at radius 1 is 0.895 bits per heavy atom. The minimum absolute atomic E-state index is 0.209. The molecular weight excluding hydrogens is 238 g/mol. The van der Waals surface area contributed by atoms with E-state index >= 15 is 0 Å². The highest BCUT2D eigenvalue weighted by atomic mass is 16.6. The van der Waals surface area contributed by atoms with Gasteiger partial charge in [0.2, 0.25) is 0 Å². The highest BCUT2D eigenvalue weighted by molar-refractivity contribution is 5.80. The van der Waals surface area contributed by atoms with E-state index in [9.17, 15) is 4.79 Å². The van der Waals surface area contributed by atoms with Crippen LogP contribution in [0.25, 0.3) is 0 Å². The molecule has 0 bridgehead atoms. The maximum Gasteiger partial charge on any atom is 0.326 e. The van der Waals surface area contributed by atoms with Crippen LogP contribution < -0.4 is 5.73 Å².